The van der Waals surface area contributed by atoms with Crippen molar-refractivity contribution in [2.45, 2.75) is 45.2 Å². The number of alkyl halides is 3. The number of hydrogen-bond acceptors (Lipinski definition) is 3. The molecule has 0 aliphatic heterocycles. The van der Waals surface area contributed by atoms with Gasteiger partial charge in [-0.1, -0.05) is 13.3 Å². The summed E-state index contributed by atoms with van der Waals surface area (Å²) in [5.41, 5.74) is 0.949. The Morgan fingerprint density at radius 1 is 1.22 bits per heavy atom. The highest BCUT2D eigenvalue weighted by molar-refractivity contribution is 5.34. The highest BCUT2D eigenvalue weighted by Crippen LogP contribution is 2.22. The Labute approximate surface area is 105 Å². The fraction of sp³-hybridized carbons (Fsp3) is 0.667. The molecule has 0 saturated carbocycles. The minimum absolute atomic E-state index is 0.142. The maximum absolute atomic E-state index is 11.9. The second-order valence-corrected chi connectivity index (χ2v) is 4.14. The number of rotatable bonds is 7. The Kier molecular flexibility index (Phi) is 5.88. The molecule has 1 heterocycles. The molecule has 0 bridgehead atoms. The summed E-state index contributed by atoms with van der Waals surface area (Å²) in [5, 5.41) is 3.01. The molecule has 0 amide bonds. The Bertz CT molecular complexity index is 353. The fourth-order valence-electron chi connectivity index (χ4n) is 1.55. The van der Waals surface area contributed by atoms with Gasteiger partial charge >= 0.3 is 6.18 Å². The number of halogens is 3. The highest BCUT2D eigenvalue weighted by atomic mass is 19.4. The molecule has 0 spiro atoms. The average Bonchev–Trinajstić information content (AvgIpc) is 2.28. The average molecular weight is 261 g/mol. The summed E-state index contributed by atoms with van der Waals surface area (Å²) in [6.45, 7) is 2.56. The van der Waals surface area contributed by atoms with Gasteiger partial charge in [0.05, 0.1) is 0 Å². The van der Waals surface area contributed by atoms with Gasteiger partial charge in [-0.05, 0) is 19.3 Å². The molecule has 3 nitrogen and oxygen atoms in total. The normalized spacial score (nSPS) is 11.6. The van der Waals surface area contributed by atoms with Crippen LogP contribution >= 0.6 is 0 Å². The second-order valence-electron chi connectivity index (χ2n) is 4.14. The summed E-state index contributed by atoms with van der Waals surface area (Å²) in [5.74, 6) is 0.681. The van der Waals surface area contributed by atoms with Crippen molar-refractivity contribution in [2.24, 2.45) is 0 Å². The number of hydrogen-bond donors (Lipinski definition) is 1. The van der Waals surface area contributed by atoms with Crippen LogP contribution in [0.2, 0.25) is 0 Å². The van der Waals surface area contributed by atoms with Crippen LogP contribution in [0.5, 0.6) is 0 Å². The van der Waals surface area contributed by atoms with E-state index in [4.69, 9.17) is 0 Å². The molecule has 0 saturated heterocycles. The summed E-state index contributed by atoms with van der Waals surface area (Å²) in [4.78, 5) is 8.13. The van der Waals surface area contributed by atoms with Gasteiger partial charge in [0.2, 0.25) is 0 Å². The quantitative estimate of drug-likeness (QED) is 0.762. The van der Waals surface area contributed by atoms with Crippen molar-refractivity contribution >= 4 is 5.82 Å². The maximum Gasteiger partial charge on any atom is 0.389 e. The zero-order valence-electron chi connectivity index (χ0n) is 10.4. The predicted molar refractivity (Wildman–Crippen MR) is 64.4 cm³/mol. The van der Waals surface area contributed by atoms with Crippen molar-refractivity contribution in [3.8, 4) is 0 Å². The van der Waals surface area contributed by atoms with Crippen LogP contribution in [0.4, 0.5) is 19.0 Å². The monoisotopic (exact) mass is 261 g/mol. The predicted octanol–water partition coefficient (Wildman–Crippen LogP) is 3.57. The van der Waals surface area contributed by atoms with Gasteiger partial charge in [-0.2, -0.15) is 13.2 Å². The lowest BCUT2D eigenvalue weighted by atomic mass is 10.2. The smallest absolute Gasteiger partial charge is 0.370 e. The Balaban J connectivity index is 2.24. The first kappa shape index (κ1) is 14.7. The summed E-state index contributed by atoms with van der Waals surface area (Å²) in [7, 11) is 0. The van der Waals surface area contributed by atoms with Gasteiger partial charge in [-0.3, -0.25) is 0 Å². The molecule has 102 valence electrons. The van der Waals surface area contributed by atoms with Gasteiger partial charge in [-0.25, -0.2) is 9.97 Å². The largest absolute Gasteiger partial charge is 0.389 e. The first-order valence-corrected chi connectivity index (χ1v) is 6.13. The Morgan fingerprint density at radius 2 is 2.00 bits per heavy atom. The van der Waals surface area contributed by atoms with Gasteiger partial charge in [0.25, 0.3) is 0 Å². The van der Waals surface area contributed by atoms with Crippen molar-refractivity contribution in [1.29, 1.82) is 0 Å². The summed E-state index contributed by atoms with van der Waals surface area (Å²) in [6, 6.07) is 1.84. The van der Waals surface area contributed by atoms with E-state index in [-0.39, 0.29) is 6.42 Å². The number of unbranched alkanes of at least 4 members (excludes halogenated alkanes) is 1. The van der Waals surface area contributed by atoms with E-state index in [2.05, 4.69) is 22.2 Å². The molecule has 0 aliphatic carbocycles. The topological polar surface area (TPSA) is 37.8 Å². The van der Waals surface area contributed by atoms with Gasteiger partial charge in [0.15, 0.2) is 0 Å². The van der Waals surface area contributed by atoms with Crippen LogP contribution in [0.15, 0.2) is 12.4 Å². The van der Waals surface area contributed by atoms with Crippen LogP contribution in [-0.2, 0) is 6.42 Å². The highest BCUT2D eigenvalue weighted by Gasteiger charge is 2.25. The van der Waals surface area contributed by atoms with E-state index in [1.54, 1.807) is 0 Å². The second kappa shape index (κ2) is 7.18. The Hall–Kier alpha value is -1.33. The lowest BCUT2D eigenvalue weighted by molar-refractivity contribution is -0.135. The van der Waals surface area contributed by atoms with Crippen molar-refractivity contribution < 1.29 is 13.2 Å². The van der Waals surface area contributed by atoms with Crippen LogP contribution in [-0.4, -0.2) is 22.7 Å². The molecule has 0 radical (unpaired) electrons. The number of anilines is 1. The van der Waals surface area contributed by atoms with E-state index in [1.165, 1.54) is 6.33 Å². The fourth-order valence-corrected chi connectivity index (χ4v) is 1.55. The van der Waals surface area contributed by atoms with E-state index in [0.717, 1.165) is 18.5 Å². The maximum atomic E-state index is 11.9. The minimum atomic E-state index is -4.05. The first-order valence-electron chi connectivity index (χ1n) is 6.13. The molecule has 0 unspecified atom stereocenters. The third-order valence-electron chi connectivity index (χ3n) is 2.42. The van der Waals surface area contributed by atoms with E-state index >= 15 is 0 Å². The van der Waals surface area contributed by atoms with Crippen LogP contribution in [0.1, 0.15) is 38.3 Å². The van der Waals surface area contributed by atoms with Gasteiger partial charge in [0, 0.05) is 24.7 Å². The van der Waals surface area contributed by atoms with E-state index in [9.17, 15) is 13.2 Å². The lowest BCUT2D eigenvalue weighted by Crippen LogP contribution is -2.09. The van der Waals surface area contributed by atoms with Crippen molar-refractivity contribution in [3.63, 3.8) is 0 Å². The van der Waals surface area contributed by atoms with Gasteiger partial charge in [-0.15, -0.1) is 0 Å². The van der Waals surface area contributed by atoms with Crippen LogP contribution in [0.25, 0.3) is 0 Å². The third kappa shape index (κ3) is 6.42. The molecule has 0 aliphatic rings. The molecule has 1 aromatic rings. The molecule has 0 fully saturated rings. The standard InChI is InChI=1S/C12H18F3N3/c1-2-5-10-8-11(18-9-17-10)16-7-4-3-6-12(13,14)15/h8-9H,2-7H2,1H3,(H,16,17,18). The summed E-state index contributed by atoms with van der Waals surface area (Å²) in [6.07, 6.45) is -0.797. The van der Waals surface area contributed by atoms with Crippen LogP contribution in [0.3, 0.4) is 0 Å². The lowest BCUT2D eigenvalue weighted by Gasteiger charge is -2.08. The summed E-state index contributed by atoms with van der Waals surface area (Å²) < 4.78 is 35.7. The van der Waals surface area contributed by atoms with Crippen LogP contribution < -0.4 is 5.32 Å². The number of nitrogens with zero attached hydrogens (tertiary/aromatic N) is 2. The molecule has 0 aromatic carbocycles. The van der Waals surface area contributed by atoms with Crippen molar-refractivity contribution in [3.05, 3.63) is 18.1 Å². The zero-order valence-corrected chi connectivity index (χ0v) is 10.4. The van der Waals surface area contributed by atoms with Gasteiger partial charge < -0.3 is 5.32 Å². The number of aromatic nitrogens is 2. The molecule has 1 N–H and O–H groups in total. The van der Waals surface area contributed by atoms with E-state index < -0.39 is 12.6 Å². The summed E-state index contributed by atoms with van der Waals surface area (Å²) >= 11 is 0. The third-order valence-corrected chi connectivity index (χ3v) is 2.42. The van der Waals surface area contributed by atoms with Crippen LogP contribution in [0, 0.1) is 0 Å². The first-order chi connectivity index (χ1) is 8.51. The van der Waals surface area contributed by atoms with E-state index in [1.807, 2.05) is 6.07 Å². The molecule has 6 heteroatoms. The van der Waals surface area contributed by atoms with Gasteiger partial charge in [0.1, 0.15) is 12.1 Å². The van der Waals surface area contributed by atoms with Crippen molar-refractivity contribution in [1.82, 2.24) is 9.97 Å². The van der Waals surface area contributed by atoms with E-state index in [0.29, 0.717) is 18.8 Å². The molecule has 18 heavy (non-hydrogen) atoms. The number of aryl methyl sites for hydroxylation is 1. The number of nitrogens with one attached hydrogen (secondary N) is 1. The minimum Gasteiger partial charge on any atom is -0.370 e. The molecule has 1 aromatic heterocycles. The molecular weight excluding hydrogens is 243 g/mol. The molecule has 0 atom stereocenters. The molecular formula is C12H18F3N3. The Morgan fingerprint density at radius 3 is 2.67 bits per heavy atom. The van der Waals surface area contributed by atoms with Crippen molar-refractivity contribution in [2.75, 3.05) is 11.9 Å². The molecule has 1 rings (SSSR count). The SMILES string of the molecule is CCCc1cc(NCCCCC(F)(F)F)ncn1. The zero-order chi connectivity index (χ0) is 13.4.